The molecule has 0 spiro atoms. The average molecular weight is 551 g/mol. The van der Waals surface area contributed by atoms with Crippen LogP contribution in [-0.2, 0) is 27.3 Å². The highest BCUT2D eigenvalue weighted by Crippen LogP contribution is 2.45. The second kappa shape index (κ2) is 12.1. The normalized spacial score (nSPS) is 17.8. The molecule has 0 radical (unpaired) electrons. The standard InChI is InChI=1S/C33H42O5S/c1-23-14-16-29(17-15-23)39(34,35)37-21-24(2)11-10-19-33(6)20-18-30-27(5)31(25(3)26(4)32(30)38-33)36-22-28-12-8-7-9-13-28/h7-9,12-17,24H,10-11,18-22H2,1-6H3/t24-,33+/m0/s1. The minimum absolute atomic E-state index is 0.125. The third-order valence-electron chi connectivity index (χ3n) is 8.01. The summed E-state index contributed by atoms with van der Waals surface area (Å²) in [6, 6.07) is 17.0. The van der Waals surface area contributed by atoms with Crippen molar-refractivity contribution in [1.29, 1.82) is 0 Å². The Morgan fingerprint density at radius 2 is 1.64 bits per heavy atom. The molecule has 0 aliphatic carbocycles. The van der Waals surface area contributed by atoms with Gasteiger partial charge in [0.15, 0.2) is 0 Å². The Hall–Kier alpha value is -2.83. The van der Waals surface area contributed by atoms with Crippen LogP contribution >= 0.6 is 0 Å². The summed E-state index contributed by atoms with van der Waals surface area (Å²) < 4.78 is 43.4. The monoisotopic (exact) mass is 550 g/mol. The number of ether oxygens (including phenoxy) is 2. The first-order valence-electron chi connectivity index (χ1n) is 13.9. The van der Waals surface area contributed by atoms with Gasteiger partial charge in [-0.25, -0.2) is 0 Å². The average Bonchev–Trinajstić information content (AvgIpc) is 2.91. The van der Waals surface area contributed by atoms with Gasteiger partial charge in [0.25, 0.3) is 10.1 Å². The minimum atomic E-state index is -3.73. The van der Waals surface area contributed by atoms with Gasteiger partial charge in [0, 0.05) is 5.56 Å². The fourth-order valence-electron chi connectivity index (χ4n) is 5.29. The molecule has 0 aromatic heterocycles. The van der Waals surface area contributed by atoms with Crippen LogP contribution in [-0.4, -0.2) is 20.6 Å². The van der Waals surface area contributed by atoms with E-state index >= 15 is 0 Å². The molecule has 3 aromatic carbocycles. The molecule has 4 rings (SSSR count). The minimum Gasteiger partial charge on any atom is -0.488 e. The van der Waals surface area contributed by atoms with Gasteiger partial charge < -0.3 is 9.47 Å². The zero-order valence-electron chi connectivity index (χ0n) is 24.2. The second-order valence-electron chi connectivity index (χ2n) is 11.4. The molecule has 39 heavy (non-hydrogen) atoms. The fraction of sp³-hybridized carbons (Fsp3) is 0.455. The summed E-state index contributed by atoms with van der Waals surface area (Å²) in [4.78, 5) is 0.205. The number of benzene rings is 3. The Kier molecular flexibility index (Phi) is 9.07. The van der Waals surface area contributed by atoms with Crippen molar-refractivity contribution in [1.82, 2.24) is 0 Å². The molecule has 1 heterocycles. The van der Waals surface area contributed by atoms with Crippen molar-refractivity contribution in [3.63, 3.8) is 0 Å². The summed E-state index contributed by atoms with van der Waals surface area (Å²) in [6.45, 7) is 13.3. The van der Waals surface area contributed by atoms with Crippen LogP contribution in [0.5, 0.6) is 11.5 Å². The molecule has 3 aromatic rings. The van der Waals surface area contributed by atoms with E-state index in [0.29, 0.717) is 6.61 Å². The van der Waals surface area contributed by atoms with Crippen molar-refractivity contribution < 1.29 is 22.1 Å². The number of rotatable bonds is 11. The van der Waals surface area contributed by atoms with E-state index in [4.69, 9.17) is 13.7 Å². The Morgan fingerprint density at radius 1 is 0.949 bits per heavy atom. The van der Waals surface area contributed by atoms with Gasteiger partial charge in [-0.05, 0) is 107 Å². The van der Waals surface area contributed by atoms with Crippen molar-refractivity contribution >= 4 is 10.1 Å². The molecule has 1 aliphatic heterocycles. The summed E-state index contributed by atoms with van der Waals surface area (Å²) in [5.41, 5.74) is 6.62. The van der Waals surface area contributed by atoms with E-state index in [9.17, 15) is 8.42 Å². The molecule has 0 fully saturated rings. The van der Waals surface area contributed by atoms with E-state index in [2.05, 4.69) is 39.8 Å². The molecular weight excluding hydrogens is 508 g/mol. The summed E-state index contributed by atoms with van der Waals surface area (Å²) in [6.07, 6.45) is 4.61. The molecule has 1 aliphatic rings. The van der Waals surface area contributed by atoms with Crippen molar-refractivity contribution in [3.05, 3.63) is 88.0 Å². The first-order chi connectivity index (χ1) is 18.5. The first kappa shape index (κ1) is 29.2. The van der Waals surface area contributed by atoms with Gasteiger partial charge in [-0.1, -0.05) is 55.0 Å². The van der Waals surface area contributed by atoms with Crippen LogP contribution in [0.1, 0.15) is 72.9 Å². The van der Waals surface area contributed by atoms with Crippen LogP contribution in [0.2, 0.25) is 0 Å². The van der Waals surface area contributed by atoms with Gasteiger partial charge in [0.1, 0.15) is 23.7 Å². The number of fused-ring (bicyclic) bond motifs is 1. The lowest BCUT2D eigenvalue weighted by atomic mass is 9.84. The predicted molar refractivity (Wildman–Crippen MR) is 156 cm³/mol. The molecule has 0 saturated carbocycles. The molecule has 0 saturated heterocycles. The van der Waals surface area contributed by atoms with Gasteiger partial charge >= 0.3 is 0 Å². The highest BCUT2D eigenvalue weighted by atomic mass is 32.2. The highest BCUT2D eigenvalue weighted by Gasteiger charge is 2.34. The second-order valence-corrected chi connectivity index (χ2v) is 13.0. The van der Waals surface area contributed by atoms with Gasteiger partial charge in [-0.2, -0.15) is 8.42 Å². The lowest BCUT2D eigenvalue weighted by molar-refractivity contribution is 0.0506. The Labute approximate surface area is 234 Å². The molecule has 0 unspecified atom stereocenters. The number of hydrogen-bond donors (Lipinski definition) is 0. The van der Waals surface area contributed by atoms with E-state index in [1.165, 1.54) is 11.1 Å². The zero-order valence-corrected chi connectivity index (χ0v) is 25.0. The molecule has 0 N–H and O–H groups in total. The summed E-state index contributed by atoms with van der Waals surface area (Å²) >= 11 is 0. The predicted octanol–water partition coefficient (Wildman–Crippen LogP) is 7.79. The van der Waals surface area contributed by atoms with Crippen LogP contribution in [0.4, 0.5) is 0 Å². The SMILES string of the molecule is Cc1ccc(S(=O)(=O)OC[C@@H](C)CCC[C@]2(C)CCc3c(C)c(OCc4ccccc4)c(C)c(C)c3O2)cc1. The topological polar surface area (TPSA) is 61.8 Å². The van der Waals surface area contributed by atoms with Crippen molar-refractivity contribution in [3.8, 4) is 11.5 Å². The first-order valence-corrected chi connectivity index (χ1v) is 15.3. The van der Waals surface area contributed by atoms with Crippen LogP contribution in [0.3, 0.4) is 0 Å². The lowest BCUT2D eigenvalue weighted by Crippen LogP contribution is -2.37. The van der Waals surface area contributed by atoms with Gasteiger partial charge in [0.05, 0.1) is 11.5 Å². The maximum absolute atomic E-state index is 12.5. The van der Waals surface area contributed by atoms with E-state index in [0.717, 1.165) is 65.9 Å². The zero-order chi connectivity index (χ0) is 28.2. The van der Waals surface area contributed by atoms with E-state index < -0.39 is 10.1 Å². The molecule has 6 heteroatoms. The number of aryl methyl sites for hydroxylation is 1. The fourth-order valence-corrected chi connectivity index (χ4v) is 6.31. The summed E-state index contributed by atoms with van der Waals surface area (Å²) in [5.74, 6) is 2.10. The van der Waals surface area contributed by atoms with Gasteiger partial charge in [0.2, 0.25) is 0 Å². The maximum atomic E-state index is 12.5. The van der Waals surface area contributed by atoms with Gasteiger partial charge in [-0.15, -0.1) is 0 Å². The third kappa shape index (κ3) is 7.03. The number of hydrogen-bond acceptors (Lipinski definition) is 5. The summed E-state index contributed by atoms with van der Waals surface area (Å²) in [7, 11) is -3.73. The maximum Gasteiger partial charge on any atom is 0.296 e. The lowest BCUT2D eigenvalue weighted by Gasteiger charge is -2.38. The molecule has 2 atom stereocenters. The van der Waals surface area contributed by atoms with E-state index in [1.807, 2.05) is 32.0 Å². The molecule has 0 bridgehead atoms. The molecular formula is C33H42O5S. The molecule has 210 valence electrons. The Morgan fingerprint density at radius 3 is 2.33 bits per heavy atom. The summed E-state index contributed by atoms with van der Waals surface area (Å²) in [5, 5.41) is 0. The van der Waals surface area contributed by atoms with Crippen LogP contribution in [0.25, 0.3) is 0 Å². The van der Waals surface area contributed by atoms with Gasteiger partial charge in [-0.3, -0.25) is 4.18 Å². The highest BCUT2D eigenvalue weighted by molar-refractivity contribution is 7.86. The smallest absolute Gasteiger partial charge is 0.296 e. The Balaban J connectivity index is 1.33. The largest absolute Gasteiger partial charge is 0.488 e. The Bertz CT molecular complexity index is 1380. The van der Waals surface area contributed by atoms with Crippen molar-refractivity contribution in [2.45, 2.75) is 90.7 Å². The molecule has 5 nitrogen and oxygen atoms in total. The van der Waals surface area contributed by atoms with Crippen LogP contribution < -0.4 is 9.47 Å². The molecule has 0 amide bonds. The quantitative estimate of drug-likeness (QED) is 0.228. The van der Waals surface area contributed by atoms with Crippen molar-refractivity contribution in [2.24, 2.45) is 5.92 Å². The van der Waals surface area contributed by atoms with Crippen molar-refractivity contribution in [2.75, 3.05) is 6.61 Å². The van der Waals surface area contributed by atoms with Crippen LogP contribution in [0, 0.1) is 33.6 Å². The van der Waals surface area contributed by atoms with E-state index in [1.54, 1.807) is 24.3 Å². The third-order valence-corrected chi connectivity index (χ3v) is 9.31. The van der Waals surface area contributed by atoms with E-state index in [-0.39, 0.29) is 23.0 Å². The van der Waals surface area contributed by atoms with Crippen LogP contribution in [0.15, 0.2) is 59.5 Å².